The van der Waals surface area contributed by atoms with Crippen molar-refractivity contribution in [1.82, 2.24) is 0 Å². The second-order valence-electron chi connectivity index (χ2n) is 5.13. The van der Waals surface area contributed by atoms with Crippen LogP contribution in [-0.4, -0.2) is 18.3 Å². The van der Waals surface area contributed by atoms with Gasteiger partial charge in [0.25, 0.3) is 0 Å². The number of aliphatic hydroxyl groups is 1. The van der Waals surface area contributed by atoms with E-state index in [1.807, 2.05) is 48.2 Å². The molecule has 3 N–H and O–H groups in total. The van der Waals surface area contributed by atoms with E-state index in [0.29, 0.717) is 18.8 Å². The van der Waals surface area contributed by atoms with Gasteiger partial charge in [0.2, 0.25) is 0 Å². The Kier molecular flexibility index (Phi) is 5.31. The van der Waals surface area contributed by atoms with Crippen LogP contribution in [0.4, 0.5) is 10.1 Å². The van der Waals surface area contributed by atoms with Crippen LogP contribution in [0.1, 0.15) is 24.1 Å². The molecule has 1 atom stereocenters. The maximum atomic E-state index is 14.3. The number of anilines is 1. The summed E-state index contributed by atoms with van der Waals surface area (Å²) in [5.41, 5.74) is 8.09. The number of hydrogen-bond donors (Lipinski definition) is 2. The molecule has 3 nitrogen and oxygen atoms in total. The van der Waals surface area contributed by atoms with Crippen LogP contribution in [0.3, 0.4) is 0 Å². The van der Waals surface area contributed by atoms with E-state index in [1.165, 1.54) is 6.07 Å². The van der Waals surface area contributed by atoms with E-state index in [1.54, 1.807) is 6.07 Å². The minimum Gasteiger partial charge on any atom is -0.395 e. The molecule has 2 aromatic carbocycles. The number of benzene rings is 2. The lowest BCUT2D eigenvalue weighted by Crippen LogP contribution is -2.27. The molecule has 2 rings (SSSR count). The van der Waals surface area contributed by atoms with Crippen molar-refractivity contribution in [3.63, 3.8) is 0 Å². The topological polar surface area (TPSA) is 49.5 Å². The van der Waals surface area contributed by atoms with Crippen LogP contribution >= 0.6 is 0 Å². The molecule has 0 bridgehead atoms. The molecule has 112 valence electrons. The Morgan fingerprint density at radius 1 is 1.19 bits per heavy atom. The Bertz CT molecular complexity index is 572. The van der Waals surface area contributed by atoms with Gasteiger partial charge in [-0.2, -0.15) is 0 Å². The Morgan fingerprint density at radius 3 is 2.48 bits per heavy atom. The molecule has 21 heavy (non-hydrogen) atoms. The first-order chi connectivity index (χ1) is 10.1. The predicted octanol–water partition coefficient (Wildman–Crippen LogP) is 2.84. The lowest BCUT2D eigenvalue weighted by Gasteiger charge is -2.25. The molecule has 0 radical (unpaired) electrons. The van der Waals surface area contributed by atoms with Crippen molar-refractivity contribution in [3.05, 3.63) is 65.5 Å². The standard InChI is InChI=1S/C17H21FN2O/c1-13(19)15-7-8-17(16(18)11-15)20(9-10-21)12-14-5-3-2-4-6-14/h2-8,11,13,21H,9-10,12,19H2,1H3. The maximum absolute atomic E-state index is 14.3. The van der Waals surface area contributed by atoms with E-state index in [9.17, 15) is 9.50 Å². The van der Waals surface area contributed by atoms with Crippen LogP contribution in [-0.2, 0) is 6.54 Å². The molecular weight excluding hydrogens is 267 g/mol. The quantitative estimate of drug-likeness (QED) is 0.859. The molecule has 0 aromatic heterocycles. The first-order valence-electron chi connectivity index (χ1n) is 7.06. The van der Waals surface area contributed by atoms with Gasteiger partial charge in [-0.05, 0) is 30.2 Å². The second kappa shape index (κ2) is 7.20. The summed E-state index contributed by atoms with van der Waals surface area (Å²) >= 11 is 0. The van der Waals surface area contributed by atoms with Crippen LogP contribution in [0.25, 0.3) is 0 Å². The van der Waals surface area contributed by atoms with Crippen molar-refractivity contribution in [2.24, 2.45) is 5.73 Å². The van der Waals surface area contributed by atoms with Gasteiger partial charge < -0.3 is 15.7 Å². The molecule has 0 saturated heterocycles. The summed E-state index contributed by atoms with van der Waals surface area (Å²) in [6.07, 6.45) is 0. The van der Waals surface area contributed by atoms with Gasteiger partial charge in [0.05, 0.1) is 12.3 Å². The minimum atomic E-state index is -0.311. The number of hydrogen-bond acceptors (Lipinski definition) is 3. The normalized spacial score (nSPS) is 12.2. The molecule has 0 heterocycles. The molecule has 0 aliphatic rings. The summed E-state index contributed by atoms with van der Waals surface area (Å²) in [5, 5.41) is 9.23. The maximum Gasteiger partial charge on any atom is 0.146 e. The molecule has 0 amide bonds. The number of nitrogens with zero attached hydrogens (tertiary/aromatic N) is 1. The highest BCUT2D eigenvalue weighted by atomic mass is 19.1. The summed E-state index contributed by atoms with van der Waals surface area (Å²) in [6.45, 7) is 2.73. The van der Waals surface area contributed by atoms with Crippen molar-refractivity contribution < 1.29 is 9.50 Å². The van der Waals surface area contributed by atoms with Crippen molar-refractivity contribution in [2.75, 3.05) is 18.1 Å². The SMILES string of the molecule is CC(N)c1ccc(N(CCO)Cc2ccccc2)c(F)c1. The van der Waals surface area contributed by atoms with Gasteiger partial charge in [-0.1, -0.05) is 36.4 Å². The fourth-order valence-corrected chi connectivity index (χ4v) is 2.27. The average molecular weight is 288 g/mol. The Labute approximate surface area is 124 Å². The zero-order chi connectivity index (χ0) is 15.2. The summed E-state index contributed by atoms with van der Waals surface area (Å²) in [4.78, 5) is 1.83. The smallest absolute Gasteiger partial charge is 0.146 e. The Morgan fingerprint density at radius 2 is 1.90 bits per heavy atom. The summed E-state index contributed by atoms with van der Waals surface area (Å²) in [5.74, 6) is -0.311. The highest BCUT2D eigenvalue weighted by Crippen LogP contribution is 2.24. The van der Waals surface area contributed by atoms with E-state index in [0.717, 1.165) is 11.1 Å². The van der Waals surface area contributed by atoms with Gasteiger partial charge in [-0.3, -0.25) is 0 Å². The second-order valence-corrected chi connectivity index (χ2v) is 5.13. The number of rotatable bonds is 6. The predicted molar refractivity (Wildman–Crippen MR) is 83.6 cm³/mol. The van der Waals surface area contributed by atoms with Crippen LogP contribution in [0, 0.1) is 5.82 Å². The third-order valence-corrected chi connectivity index (χ3v) is 3.42. The van der Waals surface area contributed by atoms with Gasteiger partial charge in [-0.25, -0.2) is 4.39 Å². The number of aliphatic hydroxyl groups excluding tert-OH is 1. The highest BCUT2D eigenvalue weighted by Gasteiger charge is 2.13. The summed E-state index contributed by atoms with van der Waals surface area (Å²) in [7, 11) is 0. The van der Waals surface area contributed by atoms with Crippen LogP contribution in [0.15, 0.2) is 48.5 Å². The van der Waals surface area contributed by atoms with Crippen LogP contribution in [0.5, 0.6) is 0 Å². The van der Waals surface area contributed by atoms with E-state index in [-0.39, 0.29) is 18.5 Å². The molecule has 0 aliphatic heterocycles. The van der Waals surface area contributed by atoms with Gasteiger partial charge in [0.1, 0.15) is 5.82 Å². The van der Waals surface area contributed by atoms with E-state index in [2.05, 4.69) is 0 Å². The van der Waals surface area contributed by atoms with Crippen molar-refractivity contribution in [3.8, 4) is 0 Å². The lowest BCUT2D eigenvalue weighted by atomic mass is 10.1. The third kappa shape index (κ3) is 4.03. The first-order valence-corrected chi connectivity index (χ1v) is 7.06. The van der Waals surface area contributed by atoms with Gasteiger partial charge in [0.15, 0.2) is 0 Å². The average Bonchev–Trinajstić information content (AvgIpc) is 2.48. The zero-order valence-corrected chi connectivity index (χ0v) is 12.2. The zero-order valence-electron chi connectivity index (χ0n) is 12.2. The number of nitrogens with two attached hydrogens (primary N) is 1. The monoisotopic (exact) mass is 288 g/mol. The fourth-order valence-electron chi connectivity index (χ4n) is 2.27. The molecule has 0 aliphatic carbocycles. The van der Waals surface area contributed by atoms with Crippen LogP contribution < -0.4 is 10.6 Å². The fraction of sp³-hybridized carbons (Fsp3) is 0.294. The molecular formula is C17H21FN2O. The summed E-state index contributed by atoms with van der Waals surface area (Å²) in [6, 6.07) is 14.6. The van der Waals surface area contributed by atoms with Crippen LogP contribution in [0.2, 0.25) is 0 Å². The third-order valence-electron chi connectivity index (χ3n) is 3.42. The molecule has 0 spiro atoms. The van der Waals surface area contributed by atoms with Crippen molar-refractivity contribution >= 4 is 5.69 Å². The van der Waals surface area contributed by atoms with E-state index in [4.69, 9.17) is 5.73 Å². The largest absolute Gasteiger partial charge is 0.395 e. The molecule has 2 aromatic rings. The van der Waals surface area contributed by atoms with Gasteiger partial charge in [0, 0.05) is 19.1 Å². The molecule has 4 heteroatoms. The minimum absolute atomic E-state index is 0.0265. The Balaban J connectivity index is 2.25. The molecule has 0 saturated carbocycles. The molecule has 0 fully saturated rings. The Hall–Kier alpha value is -1.91. The van der Waals surface area contributed by atoms with Crippen molar-refractivity contribution in [1.29, 1.82) is 0 Å². The van der Waals surface area contributed by atoms with Gasteiger partial charge in [-0.15, -0.1) is 0 Å². The van der Waals surface area contributed by atoms with Gasteiger partial charge >= 0.3 is 0 Å². The highest BCUT2D eigenvalue weighted by molar-refractivity contribution is 5.50. The van der Waals surface area contributed by atoms with Crippen molar-refractivity contribution in [2.45, 2.75) is 19.5 Å². The number of halogens is 1. The van der Waals surface area contributed by atoms with E-state index >= 15 is 0 Å². The lowest BCUT2D eigenvalue weighted by molar-refractivity contribution is 0.301. The summed E-state index contributed by atoms with van der Waals surface area (Å²) < 4.78 is 14.3. The first kappa shape index (κ1) is 15.5. The van der Waals surface area contributed by atoms with E-state index < -0.39 is 0 Å². The molecule has 1 unspecified atom stereocenters.